The van der Waals surface area contributed by atoms with Crippen LogP contribution < -0.4 is 10.6 Å². The molecule has 1 rings (SSSR count). The van der Waals surface area contributed by atoms with Gasteiger partial charge in [-0.15, -0.1) is 0 Å². The summed E-state index contributed by atoms with van der Waals surface area (Å²) in [7, 11) is 1.63. The lowest BCUT2D eigenvalue weighted by Gasteiger charge is -2.21. The molecule has 1 aromatic carbocycles. The van der Waals surface area contributed by atoms with Crippen molar-refractivity contribution in [2.45, 2.75) is 26.3 Å². The van der Waals surface area contributed by atoms with Crippen LogP contribution in [-0.4, -0.2) is 19.0 Å². The Balaban J connectivity index is 2.70. The topological polar surface area (TPSA) is 46.3 Å². The Morgan fingerprint density at radius 2 is 2.12 bits per heavy atom. The van der Waals surface area contributed by atoms with Crippen molar-refractivity contribution in [1.29, 1.82) is 0 Å². The smallest absolute Gasteiger partial charge is 0.228 e. The minimum atomic E-state index is -0.352. The second-order valence-electron chi connectivity index (χ2n) is 4.54. The maximum absolute atomic E-state index is 13.0. The number of hydrogen-bond donors (Lipinski definition) is 1. The summed E-state index contributed by atoms with van der Waals surface area (Å²) < 4.78 is 13.0. The van der Waals surface area contributed by atoms with E-state index in [9.17, 15) is 9.18 Å². The highest BCUT2D eigenvalue weighted by Crippen LogP contribution is 2.16. The van der Waals surface area contributed by atoms with E-state index in [4.69, 9.17) is 5.73 Å². The third-order valence-electron chi connectivity index (χ3n) is 2.84. The van der Waals surface area contributed by atoms with Crippen LogP contribution >= 0.6 is 0 Å². The van der Waals surface area contributed by atoms with Gasteiger partial charge in [-0.25, -0.2) is 4.39 Å². The quantitative estimate of drug-likeness (QED) is 0.873. The van der Waals surface area contributed by atoms with Crippen LogP contribution in [0.4, 0.5) is 10.1 Å². The van der Waals surface area contributed by atoms with Crippen LogP contribution in [0.3, 0.4) is 0 Å². The van der Waals surface area contributed by atoms with Crippen LogP contribution in [0.25, 0.3) is 0 Å². The molecule has 0 spiro atoms. The number of amides is 1. The molecule has 17 heavy (non-hydrogen) atoms. The van der Waals surface area contributed by atoms with Crippen molar-refractivity contribution >= 4 is 11.6 Å². The molecule has 94 valence electrons. The van der Waals surface area contributed by atoms with Gasteiger partial charge in [0.2, 0.25) is 5.91 Å². The normalized spacial score (nSPS) is 12.6. The van der Waals surface area contributed by atoms with Crippen LogP contribution in [0, 0.1) is 11.7 Å². The number of halogens is 1. The van der Waals surface area contributed by atoms with Gasteiger partial charge in [-0.3, -0.25) is 4.79 Å². The summed E-state index contributed by atoms with van der Waals surface area (Å²) in [5, 5.41) is 0. The second-order valence-corrected chi connectivity index (χ2v) is 4.54. The molecule has 0 bridgehead atoms. The van der Waals surface area contributed by atoms with Crippen molar-refractivity contribution in [2.75, 3.05) is 11.9 Å². The van der Waals surface area contributed by atoms with E-state index in [2.05, 4.69) is 0 Å². The first kappa shape index (κ1) is 13.6. The third kappa shape index (κ3) is 3.82. The lowest BCUT2D eigenvalue weighted by Crippen LogP contribution is -2.36. The molecule has 2 N–H and O–H groups in total. The number of anilines is 1. The third-order valence-corrected chi connectivity index (χ3v) is 2.84. The summed E-state index contributed by atoms with van der Waals surface area (Å²) in [6, 6.07) is 5.79. The zero-order valence-electron chi connectivity index (χ0n) is 10.5. The zero-order valence-corrected chi connectivity index (χ0v) is 10.5. The average Bonchev–Trinajstić information content (AvgIpc) is 2.27. The monoisotopic (exact) mass is 238 g/mol. The molecule has 0 aliphatic heterocycles. The van der Waals surface area contributed by atoms with Gasteiger partial charge in [0, 0.05) is 25.2 Å². The standard InChI is InChI=1S/C13H19FN2O/c1-9(2)12(15)8-13(17)16(3)11-6-4-5-10(14)7-11/h4-7,9,12H,8,15H2,1-3H3. The van der Waals surface area contributed by atoms with Crippen molar-refractivity contribution in [3.05, 3.63) is 30.1 Å². The molecule has 1 atom stereocenters. The fourth-order valence-corrected chi connectivity index (χ4v) is 1.40. The molecule has 1 amide bonds. The molecule has 0 heterocycles. The summed E-state index contributed by atoms with van der Waals surface area (Å²) in [5.74, 6) is -0.202. The van der Waals surface area contributed by atoms with Gasteiger partial charge in [0.15, 0.2) is 0 Å². The Labute approximate surface area is 101 Å². The Hall–Kier alpha value is -1.42. The minimum absolute atomic E-state index is 0.100. The van der Waals surface area contributed by atoms with Crippen molar-refractivity contribution in [1.82, 2.24) is 0 Å². The van der Waals surface area contributed by atoms with Gasteiger partial charge in [0.1, 0.15) is 5.82 Å². The van der Waals surface area contributed by atoms with E-state index in [0.29, 0.717) is 5.69 Å². The Morgan fingerprint density at radius 3 is 2.65 bits per heavy atom. The SMILES string of the molecule is CC(C)C(N)CC(=O)N(C)c1cccc(F)c1. The van der Waals surface area contributed by atoms with Crippen LogP contribution in [-0.2, 0) is 4.79 Å². The van der Waals surface area contributed by atoms with Crippen LogP contribution in [0.1, 0.15) is 20.3 Å². The fourth-order valence-electron chi connectivity index (χ4n) is 1.40. The van der Waals surface area contributed by atoms with Crippen LogP contribution in [0.5, 0.6) is 0 Å². The molecule has 1 aromatic rings. The first-order valence-electron chi connectivity index (χ1n) is 5.69. The van der Waals surface area contributed by atoms with E-state index in [0.717, 1.165) is 0 Å². The number of benzene rings is 1. The first-order valence-corrected chi connectivity index (χ1v) is 5.69. The van der Waals surface area contributed by atoms with Gasteiger partial charge in [0.25, 0.3) is 0 Å². The van der Waals surface area contributed by atoms with Gasteiger partial charge >= 0.3 is 0 Å². The van der Waals surface area contributed by atoms with Gasteiger partial charge in [0.05, 0.1) is 0 Å². The Bertz CT molecular complexity index is 393. The van der Waals surface area contributed by atoms with Crippen molar-refractivity contribution in [3.63, 3.8) is 0 Å². The number of carbonyl (C=O) groups excluding carboxylic acids is 1. The van der Waals surface area contributed by atoms with Gasteiger partial charge < -0.3 is 10.6 Å². The number of carbonyl (C=O) groups is 1. The second kappa shape index (κ2) is 5.77. The number of nitrogens with two attached hydrogens (primary N) is 1. The summed E-state index contributed by atoms with van der Waals surface area (Å²) in [5.41, 5.74) is 6.39. The molecule has 3 nitrogen and oxygen atoms in total. The van der Waals surface area contributed by atoms with E-state index >= 15 is 0 Å². The van der Waals surface area contributed by atoms with Crippen LogP contribution in [0.15, 0.2) is 24.3 Å². The zero-order chi connectivity index (χ0) is 13.0. The van der Waals surface area contributed by atoms with Gasteiger partial charge in [-0.2, -0.15) is 0 Å². The van der Waals surface area contributed by atoms with E-state index in [1.807, 2.05) is 13.8 Å². The largest absolute Gasteiger partial charge is 0.327 e. The molecule has 0 aromatic heterocycles. The lowest BCUT2D eigenvalue weighted by atomic mass is 10.0. The molecule has 0 saturated heterocycles. The van der Waals surface area contributed by atoms with Crippen molar-refractivity contribution in [2.24, 2.45) is 11.7 Å². The molecule has 0 aliphatic rings. The highest BCUT2D eigenvalue weighted by atomic mass is 19.1. The Morgan fingerprint density at radius 1 is 1.47 bits per heavy atom. The highest BCUT2D eigenvalue weighted by Gasteiger charge is 2.17. The summed E-state index contributed by atoms with van der Waals surface area (Å²) in [6.07, 6.45) is 0.269. The number of rotatable bonds is 4. The molecule has 0 saturated carbocycles. The molecule has 0 aliphatic carbocycles. The van der Waals surface area contributed by atoms with Gasteiger partial charge in [-0.1, -0.05) is 19.9 Å². The highest BCUT2D eigenvalue weighted by molar-refractivity contribution is 5.93. The maximum atomic E-state index is 13.0. The molecule has 0 radical (unpaired) electrons. The molecular formula is C13H19FN2O. The van der Waals surface area contributed by atoms with Crippen molar-refractivity contribution < 1.29 is 9.18 Å². The predicted molar refractivity (Wildman–Crippen MR) is 67.2 cm³/mol. The predicted octanol–water partition coefficient (Wildman–Crippen LogP) is 2.16. The average molecular weight is 238 g/mol. The maximum Gasteiger partial charge on any atom is 0.228 e. The van der Waals surface area contributed by atoms with Gasteiger partial charge in [-0.05, 0) is 24.1 Å². The summed E-state index contributed by atoms with van der Waals surface area (Å²) in [4.78, 5) is 13.3. The van der Waals surface area contributed by atoms with E-state index in [1.54, 1.807) is 19.2 Å². The molecule has 1 unspecified atom stereocenters. The van der Waals surface area contributed by atoms with E-state index in [-0.39, 0.29) is 30.1 Å². The number of nitrogens with zero attached hydrogens (tertiary/aromatic N) is 1. The fraction of sp³-hybridized carbons (Fsp3) is 0.462. The first-order chi connectivity index (χ1) is 7.91. The van der Waals surface area contributed by atoms with E-state index in [1.165, 1.54) is 17.0 Å². The Kier molecular flexibility index (Phi) is 4.63. The van der Waals surface area contributed by atoms with E-state index < -0.39 is 0 Å². The molecule has 0 fully saturated rings. The summed E-state index contributed by atoms with van der Waals surface area (Å²) in [6.45, 7) is 3.94. The summed E-state index contributed by atoms with van der Waals surface area (Å²) >= 11 is 0. The lowest BCUT2D eigenvalue weighted by molar-refractivity contribution is -0.118. The van der Waals surface area contributed by atoms with Crippen LogP contribution in [0.2, 0.25) is 0 Å². The molecule has 4 heteroatoms. The number of hydrogen-bond acceptors (Lipinski definition) is 2. The minimum Gasteiger partial charge on any atom is -0.327 e. The van der Waals surface area contributed by atoms with Crippen molar-refractivity contribution in [3.8, 4) is 0 Å². The molecular weight excluding hydrogens is 219 g/mol.